The fraction of sp³-hybridized carbons (Fsp3) is 0.700. The second-order valence-corrected chi connectivity index (χ2v) is 4.84. The SMILES string of the molecule is CCC(C)SCc1ncc(CNC)[nH]1. The van der Waals surface area contributed by atoms with E-state index >= 15 is 0 Å². The van der Waals surface area contributed by atoms with Crippen LogP contribution in [0.4, 0.5) is 0 Å². The lowest BCUT2D eigenvalue weighted by atomic mass is 10.4. The maximum absolute atomic E-state index is 4.32. The standard InChI is InChI=1S/C10H19N3S/c1-4-8(2)14-7-10-12-6-9(13-10)5-11-3/h6,8,11H,4-5,7H2,1-3H3,(H,12,13). The summed E-state index contributed by atoms with van der Waals surface area (Å²) in [4.78, 5) is 7.62. The van der Waals surface area contributed by atoms with Gasteiger partial charge in [0, 0.05) is 23.7 Å². The lowest BCUT2D eigenvalue weighted by molar-refractivity contribution is 0.794. The average molecular weight is 213 g/mol. The van der Waals surface area contributed by atoms with Crippen LogP contribution in [-0.2, 0) is 12.3 Å². The zero-order valence-electron chi connectivity index (χ0n) is 9.13. The minimum absolute atomic E-state index is 0.716. The zero-order valence-corrected chi connectivity index (χ0v) is 9.95. The molecule has 2 N–H and O–H groups in total. The van der Waals surface area contributed by atoms with Gasteiger partial charge in [0.05, 0.1) is 5.75 Å². The predicted octanol–water partition coefficient (Wildman–Crippen LogP) is 2.16. The number of rotatable bonds is 6. The lowest BCUT2D eigenvalue weighted by Gasteiger charge is -2.05. The molecule has 1 rings (SSSR count). The molecule has 0 aliphatic carbocycles. The number of aromatic nitrogens is 2. The second kappa shape index (κ2) is 6.09. The van der Waals surface area contributed by atoms with Gasteiger partial charge in [-0.1, -0.05) is 13.8 Å². The quantitative estimate of drug-likeness (QED) is 0.761. The van der Waals surface area contributed by atoms with Crippen LogP contribution in [0.1, 0.15) is 31.8 Å². The van der Waals surface area contributed by atoms with E-state index in [1.54, 1.807) is 0 Å². The maximum atomic E-state index is 4.32. The molecule has 0 fully saturated rings. The van der Waals surface area contributed by atoms with Crippen LogP contribution in [0.3, 0.4) is 0 Å². The zero-order chi connectivity index (χ0) is 10.4. The number of H-pyrrole nitrogens is 1. The third kappa shape index (κ3) is 3.72. The summed E-state index contributed by atoms with van der Waals surface area (Å²) in [5.74, 6) is 2.07. The van der Waals surface area contributed by atoms with Crippen LogP contribution in [0.5, 0.6) is 0 Å². The summed E-state index contributed by atoms with van der Waals surface area (Å²) in [6.45, 7) is 5.33. The van der Waals surface area contributed by atoms with Crippen LogP contribution in [0.25, 0.3) is 0 Å². The van der Waals surface area contributed by atoms with Gasteiger partial charge in [-0.2, -0.15) is 11.8 Å². The molecule has 0 spiro atoms. The van der Waals surface area contributed by atoms with E-state index in [1.807, 2.05) is 25.0 Å². The first-order valence-corrected chi connectivity index (χ1v) is 6.10. The van der Waals surface area contributed by atoms with Crippen LogP contribution in [0.2, 0.25) is 0 Å². The van der Waals surface area contributed by atoms with Crippen molar-refractivity contribution in [2.75, 3.05) is 7.05 Å². The van der Waals surface area contributed by atoms with E-state index in [0.717, 1.165) is 23.8 Å². The molecule has 0 bridgehead atoms. The number of thioether (sulfide) groups is 1. The highest BCUT2D eigenvalue weighted by molar-refractivity contribution is 7.99. The summed E-state index contributed by atoms with van der Waals surface area (Å²) in [5, 5.41) is 3.81. The van der Waals surface area contributed by atoms with Crippen molar-refractivity contribution in [3.63, 3.8) is 0 Å². The highest BCUT2D eigenvalue weighted by atomic mass is 32.2. The lowest BCUT2D eigenvalue weighted by Crippen LogP contribution is -2.05. The Labute approximate surface area is 90.1 Å². The fourth-order valence-corrected chi connectivity index (χ4v) is 1.92. The maximum Gasteiger partial charge on any atom is 0.116 e. The summed E-state index contributed by atoms with van der Waals surface area (Å²) in [7, 11) is 1.94. The van der Waals surface area contributed by atoms with Crippen molar-refractivity contribution >= 4 is 11.8 Å². The Morgan fingerprint density at radius 1 is 1.64 bits per heavy atom. The van der Waals surface area contributed by atoms with Gasteiger partial charge in [-0.25, -0.2) is 4.98 Å². The van der Waals surface area contributed by atoms with E-state index in [9.17, 15) is 0 Å². The van der Waals surface area contributed by atoms with E-state index in [4.69, 9.17) is 0 Å². The summed E-state index contributed by atoms with van der Waals surface area (Å²) in [6.07, 6.45) is 3.12. The number of imidazole rings is 1. The molecular weight excluding hydrogens is 194 g/mol. The van der Waals surface area contributed by atoms with E-state index in [-0.39, 0.29) is 0 Å². The smallest absolute Gasteiger partial charge is 0.116 e. The summed E-state index contributed by atoms with van der Waals surface area (Å²) in [5.41, 5.74) is 1.16. The largest absolute Gasteiger partial charge is 0.344 e. The fourth-order valence-electron chi connectivity index (χ4n) is 1.10. The molecule has 0 aromatic carbocycles. The van der Waals surface area contributed by atoms with E-state index in [1.165, 1.54) is 6.42 Å². The predicted molar refractivity (Wildman–Crippen MR) is 62.4 cm³/mol. The van der Waals surface area contributed by atoms with Gasteiger partial charge in [-0.3, -0.25) is 0 Å². The molecule has 0 aliphatic rings. The van der Waals surface area contributed by atoms with Crippen LogP contribution < -0.4 is 5.32 Å². The number of hydrogen-bond donors (Lipinski definition) is 2. The van der Waals surface area contributed by atoms with Crippen molar-refractivity contribution in [1.29, 1.82) is 0 Å². The Morgan fingerprint density at radius 3 is 3.07 bits per heavy atom. The molecule has 4 heteroatoms. The Morgan fingerprint density at radius 2 is 2.43 bits per heavy atom. The molecule has 0 saturated carbocycles. The second-order valence-electron chi connectivity index (χ2n) is 3.42. The van der Waals surface area contributed by atoms with Gasteiger partial charge in [-0.05, 0) is 13.5 Å². The number of aromatic amines is 1. The number of nitrogens with one attached hydrogen (secondary N) is 2. The molecule has 14 heavy (non-hydrogen) atoms. The molecule has 1 atom stereocenters. The van der Waals surface area contributed by atoms with Crippen LogP contribution >= 0.6 is 11.8 Å². The van der Waals surface area contributed by atoms with Crippen molar-refractivity contribution in [2.24, 2.45) is 0 Å². The van der Waals surface area contributed by atoms with Crippen molar-refractivity contribution in [2.45, 2.75) is 37.8 Å². The first-order chi connectivity index (χ1) is 6.76. The third-order valence-corrected chi connectivity index (χ3v) is 3.47. The van der Waals surface area contributed by atoms with Gasteiger partial charge >= 0.3 is 0 Å². The molecule has 80 valence electrons. The Kier molecular flexibility index (Phi) is 5.04. The molecule has 0 amide bonds. The summed E-state index contributed by atoms with van der Waals surface area (Å²) >= 11 is 1.95. The van der Waals surface area contributed by atoms with Gasteiger partial charge in [0.25, 0.3) is 0 Å². The molecule has 0 aliphatic heterocycles. The minimum Gasteiger partial charge on any atom is -0.344 e. The Balaban J connectivity index is 2.35. The minimum atomic E-state index is 0.716. The van der Waals surface area contributed by atoms with Crippen LogP contribution in [0.15, 0.2) is 6.20 Å². The first-order valence-electron chi connectivity index (χ1n) is 5.05. The molecule has 1 aromatic heterocycles. The summed E-state index contributed by atoms with van der Waals surface area (Å²) in [6, 6.07) is 0. The summed E-state index contributed by atoms with van der Waals surface area (Å²) < 4.78 is 0. The monoisotopic (exact) mass is 213 g/mol. The van der Waals surface area contributed by atoms with Gasteiger partial charge < -0.3 is 10.3 Å². The van der Waals surface area contributed by atoms with Gasteiger partial charge in [0.1, 0.15) is 5.82 Å². The van der Waals surface area contributed by atoms with Crippen LogP contribution in [-0.4, -0.2) is 22.3 Å². The molecular formula is C10H19N3S. The van der Waals surface area contributed by atoms with Gasteiger partial charge in [0.2, 0.25) is 0 Å². The molecule has 0 saturated heterocycles. The van der Waals surface area contributed by atoms with E-state index < -0.39 is 0 Å². The number of hydrogen-bond acceptors (Lipinski definition) is 3. The van der Waals surface area contributed by atoms with Crippen molar-refractivity contribution in [3.8, 4) is 0 Å². The topological polar surface area (TPSA) is 40.7 Å². The van der Waals surface area contributed by atoms with Crippen molar-refractivity contribution in [3.05, 3.63) is 17.7 Å². The van der Waals surface area contributed by atoms with Crippen molar-refractivity contribution < 1.29 is 0 Å². The van der Waals surface area contributed by atoms with E-state index in [0.29, 0.717) is 5.25 Å². The van der Waals surface area contributed by atoms with E-state index in [2.05, 4.69) is 29.1 Å². The van der Waals surface area contributed by atoms with Crippen molar-refractivity contribution in [1.82, 2.24) is 15.3 Å². The van der Waals surface area contributed by atoms with Gasteiger partial charge in [-0.15, -0.1) is 0 Å². The molecule has 0 radical (unpaired) electrons. The first kappa shape index (κ1) is 11.6. The Bertz CT molecular complexity index is 260. The average Bonchev–Trinajstić information content (AvgIpc) is 2.63. The number of nitrogens with zero attached hydrogens (tertiary/aromatic N) is 1. The van der Waals surface area contributed by atoms with Crippen LogP contribution in [0, 0.1) is 0 Å². The molecule has 1 unspecified atom stereocenters. The molecule has 1 heterocycles. The molecule has 1 aromatic rings. The highest BCUT2D eigenvalue weighted by Gasteiger charge is 2.03. The Hall–Kier alpha value is -0.480. The molecule has 3 nitrogen and oxygen atoms in total. The third-order valence-electron chi connectivity index (χ3n) is 2.13. The highest BCUT2D eigenvalue weighted by Crippen LogP contribution is 2.17. The van der Waals surface area contributed by atoms with Gasteiger partial charge in [0.15, 0.2) is 0 Å². The normalized spacial score (nSPS) is 13.1.